The van der Waals surface area contributed by atoms with Gasteiger partial charge in [0.05, 0.1) is 11.7 Å². The molecule has 5 rings (SSSR count). The summed E-state index contributed by atoms with van der Waals surface area (Å²) in [5.41, 5.74) is 5.12. The van der Waals surface area contributed by atoms with Crippen LogP contribution in [-0.2, 0) is 6.54 Å². The van der Waals surface area contributed by atoms with E-state index in [0.717, 1.165) is 34.4 Å². The van der Waals surface area contributed by atoms with Crippen molar-refractivity contribution in [2.75, 3.05) is 0 Å². The summed E-state index contributed by atoms with van der Waals surface area (Å²) in [4.78, 5) is 12.8. The molecule has 3 heterocycles. The highest BCUT2D eigenvalue weighted by Crippen LogP contribution is 2.35. The van der Waals surface area contributed by atoms with Gasteiger partial charge in [-0.3, -0.25) is 0 Å². The Morgan fingerprint density at radius 2 is 1.75 bits per heavy atom. The zero-order chi connectivity index (χ0) is 18.9. The first-order valence-electron chi connectivity index (χ1n) is 8.91. The minimum atomic E-state index is 0.456. The highest BCUT2D eigenvalue weighted by Gasteiger charge is 2.16. The summed E-state index contributed by atoms with van der Waals surface area (Å²) in [6.07, 6.45) is 9.14. The van der Waals surface area contributed by atoms with Gasteiger partial charge in [-0.25, -0.2) is 15.0 Å². The van der Waals surface area contributed by atoms with Crippen LogP contribution < -0.4 is 0 Å². The molecule has 2 aromatic carbocycles. The molecule has 28 heavy (non-hydrogen) atoms. The van der Waals surface area contributed by atoms with Gasteiger partial charge in [0.2, 0.25) is 0 Å². The second-order valence-electron chi connectivity index (χ2n) is 6.54. The van der Waals surface area contributed by atoms with Crippen LogP contribution in [0, 0.1) is 0 Å². The Morgan fingerprint density at radius 1 is 0.929 bits per heavy atom. The molecule has 0 aliphatic heterocycles. The number of halogens is 1. The van der Waals surface area contributed by atoms with Gasteiger partial charge in [-0.2, -0.15) is 0 Å². The minimum Gasteiger partial charge on any atom is -0.333 e. The van der Waals surface area contributed by atoms with E-state index in [1.54, 1.807) is 6.20 Å². The van der Waals surface area contributed by atoms with Crippen LogP contribution in [0.25, 0.3) is 27.8 Å². The van der Waals surface area contributed by atoms with Gasteiger partial charge in [-0.15, -0.1) is 0 Å². The third kappa shape index (κ3) is 2.96. The van der Waals surface area contributed by atoms with Crippen molar-refractivity contribution < 1.29 is 0 Å². The summed E-state index contributed by atoms with van der Waals surface area (Å²) in [5, 5.41) is 1.31. The van der Waals surface area contributed by atoms with E-state index in [-0.39, 0.29) is 0 Å². The molecular formula is C22H16ClN5. The van der Waals surface area contributed by atoms with Gasteiger partial charge in [0.15, 0.2) is 0 Å². The van der Waals surface area contributed by atoms with Crippen LogP contribution in [0.1, 0.15) is 5.56 Å². The largest absolute Gasteiger partial charge is 0.333 e. The lowest BCUT2D eigenvalue weighted by atomic mass is 10.0. The lowest BCUT2D eigenvalue weighted by Crippen LogP contribution is -1.95. The van der Waals surface area contributed by atoms with Gasteiger partial charge in [-0.1, -0.05) is 54.1 Å². The predicted molar refractivity (Wildman–Crippen MR) is 111 cm³/mol. The molecule has 3 aromatic heterocycles. The van der Waals surface area contributed by atoms with Crippen molar-refractivity contribution >= 4 is 22.6 Å². The molecule has 0 radical (unpaired) electrons. The molecule has 0 aliphatic rings. The summed E-state index contributed by atoms with van der Waals surface area (Å²) in [6.45, 7) is 0.788. The van der Waals surface area contributed by atoms with Crippen molar-refractivity contribution in [3.63, 3.8) is 0 Å². The van der Waals surface area contributed by atoms with Gasteiger partial charge in [-0.05, 0) is 23.3 Å². The van der Waals surface area contributed by atoms with Crippen LogP contribution in [0.15, 0.2) is 85.8 Å². The molecule has 0 N–H and O–H groups in total. The normalized spacial score (nSPS) is 11.2. The highest BCUT2D eigenvalue weighted by atomic mass is 35.5. The molecule has 136 valence electrons. The Morgan fingerprint density at radius 3 is 2.50 bits per heavy atom. The van der Waals surface area contributed by atoms with Crippen LogP contribution in [0.5, 0.6) is 0 Å². The van der Waals surface area contributed by atoms with E-state index in [4.69, 9.17) is 11.6 Å². The van der Waals surface area contributed by atoms with E-state index in [9.17, 15) is 0 Å². The lowest BCUT2D eigenvalue weighted by molar-refractivity contribution is 0.797. The number of benzene rings is 2. The fourth-order valence-electron chi connectivity index (χ4n) is 3.41. The zero-order valence-corrected chi connectivity index (χ0v) is 15.7. The van der Waals surface area contributed by atoms with Crippen LogP contribution in [0.2, 0.25) is 5.15 Å². The quantitative estimate of drug-likeness (QED) is 0.410. The van der Waals surface area contributed by atoms with Crippen molar-refractivity contribution in [3.05, 3.63) is 96.6 Å². The molecule has 0 saturated carbocycles. The molecule has 6 heteroatoms. The zero-order valence-electron chi connectivity index (χ0n) is 14.9. The lowest BCUT2D eigenvalue weighted by Gasteiger charge is -2.05. The molecule has 0 saturated heterocycles. The van der Waals surface area contributed by atoms with Crippen molar-refractivity contribution in [3.8, 4) is 16.8 Å². The average molecular weight is 386 g/mol. The Bertz CT molecular complexity index is 1230. The smallest absolute Gasteiger partial charge is 0.150 e. The molecule has 5 nitrogen and oxygen atoms in total. The number of hydrogen-bond donors (Lipinski definition) is 0. The fraction of sp³-hybridized carbons (Fsp3) is 0.0455. The van der Waals surface area contributed by atoms with Crippen LogP contribution in [-0.4, -0.2) is 24.1 Å². The van der Waals surface area contributed by atoms with Crippen molar-refractivity contribution in [1.82, 2.24) is 24.1 Å². The topological polar surface area (TPSA) is 48.5 Å². The summed E-state index contributed by atoms with van der Waals surface area (Å²) in [6, 6.07) is 18.6. The van der Waals surface area contributed by atoms with Crippen molar-refractivity contribution in [2.45, 2.75) is 6.54 Å². The van der Waals surface area contributed by atoms with Crippen LogP contribution in [0.3, 0.4) is 0 Å². The summed E-state index contributed by atoms with van der Waals surface area (Å²) >= 11 is 6.46. The summed E-state index contributed by atoms with van der Waals surface area (Å²) in [7, 11) is 0. The molecule has 0 unspecified atom stereocenters. The SMILES string of the molecule is Clc1ncnc2c1c(-c1ccc(Cn3ccnc3)cc1)cn2-c1ccccc1. The molecule has 0 spiro atoms. The Hall–Kier alpha value is -3.44. The van der Waals surface area contributed by atoms with Gasteiger partial charge in [0.25, 0.3) is 0 Å². The number of aromatic nitrogens is 5. The third-order valence-corrected chi connectivity index (χ3v) is 5.05. The number of imidazole rings is 1. The molecule has 0 bridgehead atoms. The highest BCUT2D eigenvalue weighted by molar-refractivity contribution is 6.35. The second-order valence-corrected chi connectivity index (χ2v) is 6.90. The monoisotopic (exact) mass is 385 g/mol. The Labute approximate surface area is 166 Å². The maximum atomic E-state index is 6.46. The van der Waals surface area contributed by atoms with Gasteiger partial charge >= 0.3 is 0 Å². The molecule has 0 atom stereocenters. The summed E-state index contributed by atoms with van der Waals surface area (Å²) in [5.74, 6) is 0. The maximum absolute atomic E-state index is 6.46. The summed E-state index contributed by atoms with van der Waals surface area (Å²) < 4.78 is 4.10. The molecule has 0 fully saturated rings. The number of nitrogens with zero attached hydrogens (tertiary/aromatic N) is 5. The van der Waals surface area contributed by atoms with Gasteiger partial charge in [0.1, 0.15) is 17.1 Å². The fourth-order valence-corrected chi connectivity index (χ4v) is 3.64. The third-order valence-electron chi connectivity index (χ3n) is 4.76. The standard InChI is InChI=1S/C22H16ClN5/c23-21-20-19(17-8-6-16(7-9-17)12-27-11-10-24-15-27)13-28(22(20)26-14-25-21)18-4-2-1-3-5-18/h1-11,13-15H,12H2. The van der Waals surface area contributed by atoms with E-state index >= 15 is 0 Å². The minimum absolute atomic E-state index is 0.456. The Kier molecular flexibility index (Phi) is 4.14. The van der Waals surface area contributed by atoms with Crippen LogP contribution >= 0.6 is 11.6 Å². The van der Waals surface area contributed by atoms with E-state index in [0.29, 0.717) is 5.15 Å². The molecule has 0 amide bonds. The molecule has 5 aromatic rings. The first kappa shape index (κ1) is 16.7. The number of para-hydroxylation sites is 1. The van der Waals surface area contributed by atoms with Crippen LogP contribution in [0.4, 0.5) is 0 Å². The van der Waals surface area contributed by atoms with E-state index in [1.165, 1.54) is 11.9 Å². The maximum Gasteiger partial charge on any atom is 0.150 e. The van der Waals surface area contributed by atoms with Crippen molar-refractivity contribution in [2.24, 2.45) is 0 Å². The molecule has 0 aliphatic carbocycles. The number of fused-ring (bicyclic) bond motifs is 1. The first-order chi connectivity index (χ1) is 13.8. The van der Waals surface area contributed by atoms with Gasteiger partial charge in [0, 0.05) is 36.4 Å². The average Bonchev–Trinajstić information content (AvgIpc) is 3.38. The van der Waals surface area contributed by atoms with Gasteiger partial charge < -0.3 is 9.13 Å². The second kappa shape index (κ2) is 6.94. The van der Waals surface area contributed by atoms with E-state index in [1.807, 2.05) is 47.4 Å². The Balaban J connectivity index is 1.61. The predicted octanol–water partition coefficient (Wildman–Crippen LogP) is 4.99. The molecular weight excluding hydrogens is 370 g/mol. The van der Waals surface area contributed by atoms with E-state index < -0.39 is 0 Å². The van der Waals surface area contributed by atoms with Crippen molar-refractivity contribution in [1.29, 1.82) is 0 Å². The van der Waals surface area contributed by atoms with E-state index in [2.05, 4.69) is 50.0 Å². The number of hydrogen-bond acceptors (Lipinski definition) is 3. The number of rotatable bonds is 4. The first-order valence-corrected chi connectivity index (χ1v) is 9.29.